The van der Waals surface area contributed by atoms with Gasteiger partial charge in [0.1, 0.15) is 17.5 Å². The van der Waals surface area contributed by atoms with Crippen molar-refractivity contribution >= 4 is 11.9 Å². The molecule has 2 aromatic rings. The molecule has 0 fully saturated rings. The number of nitrogens with zero attached hydrogens (tertiary/aromatic N) is 2. The van der Waals surface area contributed by atoms with Crippen LogP contribution in [0.25, 0.3) is 6.08 Å². The Bertz CT molecular complexity index is 733. The zero-order valence-corrected chi connectivity index (χ0v) is 11.3. The van der Waals surface area contributed by atoms with E-state index in [1.54, 1.807) is 48.0 Å². The largest absolute Gasteiger partial charge is 0.507 e. The molecule has 0 saturated heterocycles. The van der Waals surface area contributed by atoms with Crippen LogP contribution in [0.4, 0.5) is 0 Å². The van der Waals surface area contributed by atoms with E-state index in [9.17, 15) is 9.90 Å². The molecule has 1 aromatic carbocycles. The van der Waals surface area contributed by atoms with Gasteiger partial charge >= 0.3 is 0 Å². The summed E-state index contributed by atoms with van der Waals surface area (Å²) in [6, 6.07) is 10.5. The molecule has 0 atom stereocenters. The zero-order chi connectivity index (χ0) is 14.7. The summed E-state index contributed by atoms with van der Waals surface area (Å²) in [5.74, 6) is -0.144. The first kappa shape index (κ1) is 13.6. The average molecular weight is 266 g/mol. The molecule has 0 spiro atoms. The van der Waals surface area contributed by atoms with Crippen molar-refractivity contribution in [3.8, 4) is 11.8 Å². The minimum absolute atomic E-state index is 0.112. The van der Waals surface area contributed by atoms with Gasteiger partial charge in [-0.05, 0) is 31.2 Å². The van der Waals surface area contributed by atoms with Gasteiger partial charge in [0.2, 0.25) is 0 Å². The highest BCUT2D eigenvalue weighted by atomic mass is 16.3. The molecule has 4 heteroatoms. The van der Waals surface area contributed by atoms with Crippen LogP contribution in [0.1, 0.15) is 27.3 Å². The van der Waals surface area contributed by atoms with Gasteiger partial charge in [-0.3, -0.25) is 4.79 Å². The van der Waals surface area contributed by atoms with E-state index in [1.807, 2.05) is 13.0 Å². The standard InChI is InChI=1S/C16H14N2O2/c1-11-9-13(14(10-17)18(11)2)16(20)8-7-12-5-3-4-6-15(12)19/h3-9,19H,1-2H3/b8-7+. The summed E-state index contributed by atoms with van der Waals surface area (Å²) in [6.07, 6.45) is 2.91. The van der Waals surface area contributed by atoms with E-state index >= 15 is 0 Å². The Balaban J connectivity index is 2.32. The minimum atomic E-state index is -0.256. The van der Waals surface area contributed by atoms with Gasteiger partial charge in [-0.2, -0.15) is 5.26 Å². The number of carbonyl (C=O) groups is 1. The van der Waals surface area contributed by atoms with Crippen LogP contribution in [0, 0.1) is 18.3 Å². The Hall–Kier alpha value is -2.80. The Kier molecular flexibility index (Phi) is 3.72. The third-order valence-corrected chi connectivity index (χ3v) is 3.20. The van der Waals surface area contributed by atoms with Crippen LogP contribution in [0.3, 0.4) is 0 Å². The van der Waals surface area contributed by atoms with E-state index in [2.05, 4.69) is 0 Å². The molecule has 20 heavy (non-hydrogen) atoms. The van der Waals surface area contributed by atoms with Gasteiger partial charge in [-0.15, -0.1) is 0 Å². The molecule has 100 valence electrons. The lowest BCUT2D eigenvalue weighted by Gasteiger charge is -1.98. The second-order valence-electron chi connectivity index (χ2n) is 4.48. The maximum atomic E-state index is 12.1. The second kappa shape index (κ2) is 5.45. The van der Waals surface area contributed by atoms with Crippen LogP contribution >= 0.6 is 0 Å². The lowest BCUT2D eigenvalue weighted by Crippen LogP contribution is -1.99. The van der Waals surface area contributed by atoms with Crippen molar-refractivity contribution in [1.29, 1.82) is 5.26 Å². The molecule has 0 unspecified atom stereocenters. The number of allylic oxidation sites excluding steroid dienone is 1. The van der Waals surface area contributed by atoms with Gasteiger partial charge in [0, 0.05) is 18.3 Å². The zero-order valence-electron chi connectivity index (χ0n) is 11.3. The van der Waals surface area contributed by atoms with E-state index in [0.29, 0.717) is 16.8 Å². The summed E-state index contributed by atoms with van der Waals surface area (Å²) in [6.45, 7) is 1.84. The summed E-state index contributed by atoms with van der Waals surface area (Å²) < 4.78 is 1.68. The first-order valence-electron chi connectivity index (χ1n) is 6.11. The monoisotopic (exact) mass is 266 g/mol. The topological polar surface area (TPSA) is 66.0 Å². The van der Waals surface area contributed by atoms with E-state index < -0.39 is 0 Å². The van der Waals surface area contributed by atoms with E-state index in [0.717, 1.165) is 5.69 Å². The second-order valence-corrected chi connectivity index (χ2v) is 4.48. The molecule has 2 rings (SSSR count). The lowest BCUT2D eigenvalue weighted by molar-refractivity contribution is 0.104. The molecule has 0 saturated carbocycles. The molecule has 0 aliphatic carbocycles. The van der Waals surface area contributed by atoms with E-state index in [4.69, 9.17) is 5.26 Å². The SMILES string of the molecule is Cc1cc(C(=O)/C=C/c2ccccc2O)c(C#N)n1C. The fourth-order valence-electron chi connectivity index (χ4n) is 1.94. The lowest BCUT2D eigenvalue weighted by atomic mass is 10.1. The number of para-hydroxylation sites is 1. The summed E-state index contributed by atoms with van der Waals surface area (Å²) in [5.41, 5.74) is 2.13. The highest BCUT2D eigenvalue weighted by Crippen LogP contribution is 2.19. The van der Waals surface area contributed by atoms with Crippen molar-refractivity contribution in [2.75, 3.05) is 0 Å². The summed E-state index contributed by atoms with van der Waals surface area (Å²) in [4.78, 5) is 12.1. The molecule has 1 aromatic heterocycles. The van der Waals surface area contributed by atoms with Crippen LogP contribution < -0.4 is 0 Å². The summed E-state index contributed by atoms with van der Waals surface area (Å²) in [5, 5.41) is 18.7. The molecular formula is C16H14N2O2. The minimum Gasteiger partial charge on any atom is -0.507 e. The van der Waals surface area contributed by atoms with Crippen LogP contribution in [0.5, 0.6) is 5.75 Å². The number of phenolic OH excluding ortho intramolecular Hbond substituents is 1. The summed E-state index contributed by atoms with van der Waals surface area (Å²) in [7, 11) is 1.75. The van der Waals surface area contributed by atoms with Crippen molar-refractivity contribution in [3.63, 3.8) is 0 Å². The predicted molar refractivity (Wildman–Crippen MR) is 76.3 cm³/mol. The molecule has 1 heterocycles. The third-order valence-electron chi connectivity index (χ3n) is 3.20. The number of aromatic nitrogens is 1. The molecule has 0 amide bonds. The number of carbonyl (C=O) groups excluding carboxylic acids is 1. The highest BCUT2D eigenvalue weighted by molar-refractivity contribution is 6.08. The third kappa shape index (κ3) is 2.47. The van der Waals surface area contributed by atoms with Gasteiger partial charge in [0.25, 0.3) is 0 Å². The number of phenols is 1. The number of hydrogen-bond acceptors (Lipinski definition) is 3. The fourth-order valence-corrected chi connectivity index (χ4v) is 1.94. The van der Waals surface area contributed by atoms with Crippen LogP contribution in [-0.2, 0) is 7.05 Å². The van der Waals surface area contributed by atoms with Crippen molar-refractivity contribution in [2.24, 2.45) is 7.05 Å². The number of aryl methyl sites for hydroxylation is 1. The Morgan fingerprint density at radius 2 is 2.10 bits per heavy atom. The van der Waals surface area contributed by atoms with E-state index in [1.165, 1.54) is 6.08 Å². The number of benzene rings is 1. The normalized spacial score (nSPS) is 10.7. The van der Waals surface area contributed by atoms with Crippen molar-refractivity contribution in [2.45, 2.75) is 6.92 Å². The van der Waals surface area contributed by atoms with Gasteiger partial charge in [0.15, 0.2) is 5.78 Å². The Morgan fingerprint density at radius 3 is 2.75 bits per heavy atom. The molecule has 0 radical (unpaired) electrons. The van der Waals surface area contributed by atoms with Gasteiger partial charge in [0.05, 0.1) is 5.56 Å². The quantitative estimate of drug-likeness (QED) is 0.686. The molecule has 4 nitrogen and oxygen atoms in total. The maximum Gasteiger partial charge on any atom is 0.188 e. The molecule has 0 bridgehead atoms. The summed E-state index contributed by atoms with van der Waals surface area (Å²) >= 11 is 0. The number of ketones is 1. The Labute approximate surface area is 117 Å². The molecular weight excluding hydrogens is 252 g/mol. The van der Waals surface area contributed by atoms with Crippen molar-refractivity contribution < 1.29 is 9.90 Å². The molecule has 1 N–H and O–H groups in total. The first-order valence-corrected chi connectivity index (χ1v) is 6.11. The van der Waals surface area contributed by atoms with E-state index in [-0.39, 0.29) is 11.5 Å². The number of hydrogen-bond donors (Lipinski definition) is 1. The van der Waals surface area contributed by atoms with Gasteiger partial charge < -0.3 is 9.67 Å². The number of rotatable bonds is 3. The van der Waals surface area contributed by atoms with Crippen molar-refractivity contribution in [3.05, 3.63) is 58.9 Å². The van der Waals surface area contributed by atoms with Crippen LogP contribution in [-0.4, -0.2) is 15.5 Å². The molecule has 0 aliphatic heterocycles. The van der Waals surface area contributed by atoms with Crippen LogP contribution in [0.15, 0.2) is 36.4 Å². The van der Waals surface area contributed by atoms with Gasteiger partial charge in [-0.1, -0.05) is 18.2 Å². The fraction of sp³-hybridized carbons (Fsp3) is 0.125. The smallest absolute Gasteiger partial charge is 0.188 e. The van der Waals surface area contributed by atoms with Crippen molar-refractivity contribution in [1.82, 2.24) is 4.57 Å². The van der Waals surface area contributed by atoms with Gasteiger partial charge in [-0.25, -0.2) is 0 Å². The predicted octanol–water partition coefficient (Wildman–Crippen LogP) is 2.81. The van der Waals surface area contributed by atoms with Crippen LogP contribution in [0.2, 0.25) is 0 Å². The highest BCUT2D eigenvalue weighted by Gasteiger charge is 2.14. The Morgan fingerprint density at radius 1 is 1.40 bits per heavy atom. The first-order chi connectivity index (χ1) is 9.54. The number of nitriles is 1. The molecule has 0 aliphatic rings. The average Bonchev–Trinajstić information content (AvgIpc) is 2.73. The number of aromatic hydroxyl groups is 1. The maximum absolute atomic E-state index is 12.1.